The maximum absolute atomic E-state index is 6.31. The summed E-state index contributed by atoms with van der Waals surface area (Å²) in [5, 5.41) is 1.47. The zero-order valence-electron chi connectivity index (χ0n) is 10.8. The molecule has 1 heterocycles. The summed E-state index contributed by atoms with van der Waals surface area (Å²) < 4.78 is 2.10. The molecule has 0 fully saturated rings. The molecular formula is C17H13Cl2N. The third-order valence-electron chi connectivity index (χ3n) is 3.25. The van der Waals surface area contributed by atoms with Crippen LogP contribution in [0.3, 0.4) is 0 Å². The quantitative estimate of drug-likeness (QED) is 0.601. The fourth-order valence-corrected chi connectivity index (χ4v) is 2.58. The zero-order valence-corrected chi connectivity index (χ0v) is 12.3. The topological polar surface area (TPSA) is 4.93 Å². The minimum absolute atomic E-state index is 0.735. The number of nitrogens with zero attached hydrogens (tertiary/aromatic N) is 1. The molecule has 0 N–H and O–H groups in total. The number of benzene rings is 2. The highest BCUT2D eigenvalue weighted by molar-refractivity contribution is 6.30. The van der Waals surface area contributed by atoms with Crippen molar-refractivity contribution in [3.05, 3.63) is 82.5 Å². The number of aromatic nitrogens is 1. The van der Waals surface area contributed by atoms with Gasteiger partial charge in [0.05, 0.1) is 0 Å². The van der Waals surface area contributed by atoms with Crippen LogP contribution in [0.2, 0.25) is 10.2 Å². The first-order valence-corrected chi connectivity index (χ1v) is 7.14. The molecule has 0 aliphatic heterocycles. The molecule has 0 atom stereocenters. The van der Waals surface area contributed by atoms with E-state index in [1.54, 1.807) is 0 Å². The van der Waals surface area contributed by atoms with E-state index in [4.69, 9.17) is 23.2 Å². The highest BCUT2D eigenvalue weighted by Crippen LogP contribution is 2.27. The lowest BCUT2D eigenvalue weighted by Gasteiger charge is -2.11. The van der Waals surface area contributed by atoms with Gasteiger partial charge in [0, 0.05) is 17.3 Å². The molecule has 0 unspecified atom stereocenters. The van der Waals surface area contributed by atoms with Crippen molar-refractivity contribution in [2.75, 3.05) is 0 Å². The van der Waals surface area contributed by atoms with Crippen molar-refractivity contribution < 1.29 is 0 Å². The van der Waals surface area contributed by atoms with E-state index in [9.17, 15) is 0 Å². The zero-order chi connectivity index (χ0) is 13.9. The van der Waals surface area contributed by atoms with Crippen LogP contribution < -0.4 is 0 Å². The lowest BCUT2D eigenvalue weighted by atomic mass is 10.1. The molecule has 0 amide bonds. The van der Waals surface area contributed by atoms with E-state index in [1.807, 2.05) is 54.6 Å². The normalized spacial score (nSPS) is 10.7. The van der Waals surface area contributed by atoms with E-state index < -0.39 is 0 Å². The van der Waals surface area contributed by atoms with Gasteiger partial charge >= 0.3 is 0 Å². The van der Waals surface area contributed by atoms with Gasteiger partial charge in [-0.2, -0.15) is 0 Å². The maximum atomic E-state index is 6.31. The van der Waals surface area contributed by atoms with Gasteiger partial charge in [0.15, 0.2) is 0 Å². The molecular weight excluding hydrogens is 289 g/mol. The fourth-order valence-electron chi connectivity index (χ4n) is 2.24. The summed E-state index contributed by atoms with van der Waals surface area (Å²) in [6.45, 7) is 0.755. The highest BCUT2D eigenvalue weighted by atomic mass is 35.5. The number of hydrogen-bond donors (Lipinski definition) is 0. The van der Waals surface area contributed by atoms with E-state index in [-0.39, 0.29) is 0 Å². The van der Waals surface area contributed by atoms with Crippen molar-refractivity contribution in [1.82, 2.24) is 4.57 Å². The van der Waals surface area contributed by atoms with E-state index in [1.165, 1.54) is 5.56 Å². The van der Waals surface area contributed by atoms with Crippen molar-refractivity contribution in [2.45, 2.75) is 6.54 Å². The van der Waals surface area contributed by atoms with E-state index in [0.717, 1.165) is 28.0 Å². The summed E-state index contributed by atoms with van der Waals surface area (Å²) in [6.07, 6.45) is 0. The second-order valence-electron chi connectivity index (χ2n) is 4.62. The van der Waals surface area contributed by atoms with E-state index >= 15 is 0 Å². The Kier molecular flexibility index (Phi) is 3.81. The molecule has 0 saturated heterocycles. The van der Waals surface area contributed by atoms with Crippen molar-refractivity contribution in [3.8, 4) is 11.3 Å². The smallest absolute Gasteiger partial charge is 0.109 e. The van der Waals surface area contributed by atoms with Gasteiger partial charge in [-0.15, -0.1) is 0 Å². The Morgan fingerprint density at radius 1 is 0.750 bits per heavy atom. The number of rotatable bonds is 3. The van der Waals surface area contributed by atoms with E-state index in [0.29, 0.717) is 0 Å². The van der Waals surface area contributed by atoms with Crippen LogP contribution >= 0.6 is 23.2 Å². The molecule has 100 valence electrons. The second kappa shape index (κ2) is 5.74. The van der Waals surface area contributed by atoms with Crippen molar-refractivity contribution in [1.29, 1.82) is 0 Å². The minimum atomic E-state index is 0.735. The van der Waals surface area contributed by atoms with Crippen molar-refractivity contribution in [3.63, 3.8) is 0 Å². The van der Waals surface area contributed by atoms with Gasteiger partial charge in [0.2, 0.25) is 0 Å². The van der Waals surface area contributed by atoms with Crippen LogP contribution in [0.1, 0.15) is 5.56 Å². The Labute approximate surface area is 128 Å². The molecule has 0 saturated carbocycles. The first kappa shape index (κ1) is 13.3. The van der Waals surface area contributed by atoms with Crippen molar-refractivity contribution >= 4 is 23.2 Å². The summed E-state index contributed by atoms with van der Waals surface area (Å²) >= 11 is 12.3. The van der Waals surface area contributed by atoms with Crippen LogP contribution in [0.5, 0.6) is 0 Å². The Morgan fingerprint density at radius 3 is 2.15 bits per heavy atom. The Hall–Kier alpha value is -1.70. The van der Waals surface area contributed by atoms with Gasteiger partial charge in [-0.3, -0.25) is 0 Å². The van der Waals surface area contributed by atoms with Crippen LogP contribution in [0.15, 0.2) is 66.7 Å². The fraction of sp³-hybridized carbons (Fsp3) is 0.0588. The van der Waals surface area contributed by atoms with Gasteiger partial charge < -0.3 is 4.57 Å². The molecule has 3 rings (SSSR count). The monoisotopic (exact) mass is 301 g/mol. The van der Waals surface area contributed by atoms with Crippen LogP contribution in [0.4, 0.5) is 0 Å². The minimum Gasteiger partial charge on any atom is -0.327 e. The summed E-state index contributed by atoms with van der Waals surface area (Å²) in [5.74, 6) is 0. The summed E-state index contributed by atoms with van der Waals surface area (Å²) in [7, 11) is 0. The molecule has 0 spiro atoms. The van der Waals surface area contributed by atoms with Gasteiger partial charge in [-0.1, -0.05) is 65.7 Å². The highest BCUT2D eigenvalue weighted by Gasteiger charge is 2.09. The molecule has 20 heavy (non-hydrogen) atoms. The van der Waals surface area contributed by atoms with Crippen LogP contribution in [-0.2, 0) is 6.54 Å². The van der Waals surface area contributed by atoms with Crippen LogP contribution in [0.25, 0.3) is 11.3 Å². The third kappa shape index (κ3) is 2.74. The summed E-state index contributed by atoms with van der Waals surface area (Å²) in [6, 6.07) is 22.1. The molecule has 0 radical (unpaired) electrons. The predicted molar refractivity (Wildman–Crippen MR) is 85.4 cm³/mol. The Balaban J connectivity index is 1.99. The largest absolute Gasteiger partial charge is 0.327 e. The van der Waals surface area contributed by atoms with Crippen LogP contribution in [0, 0.1) is 0 Å². The Morgan fingerprint density at radius 2 is 1.45 bits per heavy atom. The number of hydrogen-bond acceptors (Lipinski definition) is 0. The molecule has 1 nitrogen and oxygen atoms in total. The van der Waals surface area contributed by atoms with Gasteiger partial charge in [0.25, 0.3) is 0 Å². The first-order chi connectivity index (χ1) is 9.74. The molecule has 0 aliphatic rings. The van der Waals surface area contributed by atoms with Gasteiger partial charge in [0.1, 0.15) is 5.15 Å². The lowest BCUT2D eigenvalue weighted by molar-refractivity contribution is 0.815. The SMILES string of the molecule is Clc1ccc(-c2ccc(Cl)n2Cc2ccccc2)cc1. The maximum Gasteiger partial charge on any atom is 0.109 e. The van der Waals surface area contributed by atoms with Gasteiger partial charge in [-0.05, 0) is 35.4 Å². The van der Waals surface area contributed by atoms with Crippen LogP contribution in [-0.4, -0.2) is 4.57 Å². The summed E-state index contributed by atoms with van der Waals surface area (Å²) in [4.78, 5) is 0. The first-order valence-electron chi connectivity index (χ1n) is 6.39. The predicted octanol–water partition coefficient (Wildman–Crippen LogP) is 5.51. The summed E-state index contributed by atoms with van der Waals surface area (Å²) in [5.41, 5.74) is 3.42. The van der Waals surface area contributed by atoms with Gasteiger partial charge in [-0.25, -0.2) is 0 Å². The van der Waals surface area contributed by atoms with Crippen molar-refractivity contribution in [2.24, 2.45) is 0 Å². The average molecular weight is 302 g/mol. The lowest BCUT2D eigenvalue weighted by Crippen LogP contribution is -2.01. The number of halogens is 2. The molecule has 3 aromatic rings. The third-order valence-corrected chi connectivity index (χ3v) is 3.83. The molecule has 1 aromatic heterocycles. The molecule has 2 aromatic carbocycles. The Bertz CT molecular complexity index is 700. The molecule has 0 bridgehead atoms. The van der Waals surface area contributed by atoms with E-state index in [2.05, 4.69) is 16.7 Å². The molecule has 0 aliphatic carbocycles. The second-order valence-corrected chi connectivity index (χ2v) is 5.44. The average Bonchev–Trinajstić information content (AvgIpc) is 2.83. The standard InChI is InChI=1S/C17H13Cl2N/c18-15-8-6-14(7-9-15)16-10-11-17(19)20(16)12-13-4-2-1-3-5-13/h1-11H,12H2. The molecule has 3 heteroatoms.